The fraction of sp³-hybridized carbons (Fsp3) is 0.400. The summed E-state index contributed by atoms with van der Waals surface area (Å²) in [5.41, 5.74) is 1.79. The van der Waals surface area contributed by atoms with Crippen LogP contribution in [-0.4, -0.2) is 19.3 Å². The van der Waals surface area contributed by atoms with Crippen molar-refractivity contribution in [2.45, 2.75) is 13.2 Å². The van der Waals surface area contributed by atoms with Gasteiger partial charge in [0.25, 0.3) is 0 Å². The van der Waals surface area contributed by atoms with Gasteiger partial charge in [-0.2, -0.15) is 0 Å². The second kappa shape index (κ2) is 5.34. The van der Waals surface area contributed by atoms with Gasteiger partial charge in [0.15, 0.2) is 0 Å². The lowest BCUT2D eigenvalue weighted by molar-refractivity contribution is 0.181. The number of rotatable bonds is 4. The van der Waals surface area contributed by atoms with Crippen LogP contribution in [0.4, 0.5) is 0 Å². The van der Waals surface area contributed by atoms with Gasteiger partial charge in [0.2, 0.25) is 0 Å². The molecule has 0 aliphatic carbocycles. The molecule has 0 atom stereocenters. The summed E-state index contributed by atoms with van der Waals surface area (Å²) in [5.74, 6) is 0.745. The van der Waals surface area contributed by atoms with Crippen LogP contribution < -0.4 is 4.74 Å². The first-order chi connectivity index (χ1) is 6.72. The lowest BCUT2D eigenvalue weighted by Gasteiger charge is -2.10. The van der Waals surface area contributed by atoms with Crippen molar-refractivity contribution in [2.75, 3.05) is 14.2 Å². The number of halogens is 1. The van der Waals surface area contributed by atoms with Crippen LogP contribution in [0.2, 0.25) is 0 Å². The van der Waals surface area contributed by atoms with Crippen molar-refractivity contribution < 1.29 is 14.6 Å². The maximum Gasteiger partial charge on any atom is 0.133 e. The molecular formula is C10H13BrO3. The summed E-state index contributed by atoms with van der Waals surface area (Å²) in [6.45, 7) is 0.473. The van der Waals surface area contributed by atoms with E-state index in [4.69, 9.17) is 14.6 Å². The lowest BCUT2D eigenvalue weighted by Crippen LogP contribution is -1.98. The van der Waals surface area contributed by atoms with E-state index in [1.807, 2.05) is 12.1 Å². The van der Waals surface area contributed by atoms with Gasteiger partial charge < -0.3 is 14.6 Å². The van der Waals surface area contributed by atoms with E-state index in [-0.39, 0.29) is 6.61 Å². The predicted molar refractivity (Wildman–Crippen MR) is 57.3 cm³/mol. The van der Waals surface area contributed by atoms with E-state index in [2.05, 4.69) is 15.9 Å². The fourth-order valence-corrected chi connectivity index (χ4v) is 1.78. The van der Waals surface area contributed by atoms with Crippen LogP contribution in [-0.2, 0) is 18.0 Å². The van der Waals surface area contributed by atoms with Crippen LogP contribution in [0.1, 0.15) is 11.1 Å². The van der Waals surface area contributed by atoms with Gasteiger partial charge in [0, 0.05) is 7.11 Å². The van der Waals surface area contributed by atoms with E-state index in [9.17, 15) is 0 Å². The molecule has 4 heteroatoms. The molecule has 0 aliphatic heterocycles. The van der Waals surface area contributed by atoms with Crippen LogP contribution >= 0.6 is 15.9 Å². The van der Waals surface area contributed by atoms with Crippen molar-refractivity contribution >= 4 is 15.9 Å². The van der Waals surface area contributed by atoms with Gasteiger partial charge >= 0.3 is 0 Å². The summed E-state index contributed by atoms with van der Waals surface area (Å²) in [6, 6.07) is 3.70. The zero-order valence-electron chi connectivity index (χ0n) is 8.21. The Morgan fingerprint density at radius 2 is 2.00 bits per heavy atom. The highest BCUT2D eigenvalue weighted by Crippen LogP contribution is 2.28. The average molecular weight is 261 g/mol. The summed E-state index contributed by atoms with van der Waals surface area (Å²) in [7, 11) is 3.23. The summed E-state index contributed by atoms with van der Waals surface area (Å²) >= 11 is 3.36. The van der Waals surface area contributed by atoms with E-state index in [1.165, 1.54) is 0 Å². The molecule has 0 saturated heterocycles. The Kier molecular flexibility index (Phi) is 4.38. The van der Waals surface area contributed by atoms with Gasteiger partial charge in [-0.25, -0.2) is 0 Å². The Hall–Kier alpha value is -0.580. The molecule has 1 N–H and O–H groups in total. The standard InChI is InChI=1S/C10H13BrO3/c1-13-6-8-4-10(14-2)9(11)3-7(8)5-12/h3-4,12H,5-6H2,1-2H3. The minimum absolute atomic E-state index is 0.00128. The molecule has 78 valence electrons. The number of aliphatic hydroxyl groups is 1. The van der Waals surface area contributed by atoms with Gasteiger partial charge in [0.1, 0.15) is 5.75 Å². The van der Waals surface area contributed by atoms with Crippen LogP contribution in [0.25, 0.3) is 0 Å². The molecule has 0 saturated carbocycles. The Morgan fingerprint density at radius 3 is 2.50 bits per heavy atom. The summed E-state index contributed by atoms with van der Waals surface area (Å²) in [4.78, 5) is 0. The summed E-state index contributed by atoms with van der Waals surface area (Å²) in [5, 5.41) is 9.12. The number of ether oxygens (including phenoxy) is 2. The second-order valence-electron chi connectivity index (χ2n) is 2.85. The fourth-order valence-electron chi connectivity index (χ4n) is 1.23. The molecule has 0 radical (unpaired) electrons. The predicted octanol–water partition coefficient (Wildman–Crippen LogP) is 2.10. The van der Waals surface area contributed by atoms with Gasteiger partial charge in [-0.15, -0.1) is 0 Å². The smallest absolute Gasteiger partial charge is 0.133 e. The van der Waals surface area contributed by atoms with Crippen molar-refractivity contribution in [3.8, 4) is 5.75 Å². The van der Waals surface area contributed by atoms with Gasteiger partial charge in [-0.1, -0.05) is 0 Å². The van der Waals surface area contributed by atoms with E-state index < -0.39 is 0 Å². The summed E-state index contributed by atoms with van der Waals surface area (Å²) in [6.07, 6.45) is 0. The molecule has 0 unspecified atom stereocenters. The Labute approximate surface area is 91.8 Å². The highest BCUT2D eigenvalue weighted by molar-refractivity contribution is 9.10. The van der Waals surface area contributed by atoms with E-state index in [0.717, 1.165) is 21.3 Å². The Morgan fingerprint density at radius 1 is 1.29 bits per heavy atom. The monoisotopic (exact) mass is 260 g/mol. The third-order valence-electron chi connectivity index (χ3n) is 1.94. The minimum Gasteiger partial charge on any atom is -0.496 e. The largest absolute Gasteiger partial charge is 0.496 e. The SMILES string of the molecule is COCc1cc(OC)c(Br)cc1CO. The molecule has 1 rings (SSSR count). The molecule has 1 aromatic rings. The molecule has 0 bridgehead atoms. The average Bonchev–Trinajstić information content (AvgIpc) is 2.20. The minimum atomic E-state index is 0.00128. The Bertz CT molecular complexity index is 312. The molecule has 3 nitrogen and oxygen atoms in total. The van der Waals surface area contributed by atoms with Gasteiger partial charge in [-0.3, -0.25) is 0 Å². The molecular weight excluding hydrogens is 248 g/mol. The molecule has 0 spiro atoms. The molecule has 0 fully saturated rings. The second-order valence-corrected chi connectivity index (χ2v) is 3.70. The molecule has 0 aromatic heterocycles. The maximum atomic E-state index is 9.12. The van der Waals surface area contributed by atoms with Crippen molar-refractivity contribution in [1.82, 2.24) is 0 Å². The van der Waals surface area contributed by atoms with Crippen molar-refractivity contribution in [3.05, 3.63) is 27.7 Å². The van der Waals surface area contributed by atoms with E-state index in [1.54, 1.807) is 14.2 Å². The number of hydrogen-bond donors (Lipinski definition) is 1. The molecule has 0 amide bonds. The number of benzene rings is 1. The van der Waals surface area contributed by atoms with Gasteiger partial charge in [0.05, 0.1) is 24.8 Å². The van der Waals surface area contributed by atoms with E-state index >= 15 is 0 Å². The van der Waals surface area contributed by atoms with Crippen molar-refractivity contribution in [2.24, 2.45) is 0 Å². The normalized spacial score (nSPS) is 10.3. The molecule has 14 heavy (non-hydrogen) atoms. The van der Waals surface area contributed by atoms with Crippen LogP contribution in [0.15, 0.2) is 16.6 Å². The van der Waals surface area contributed by atoms with Crippen molar-refractivity contribution in [1.29, 1.82) is 0 Å². The highest BCUT2D eigenvalue weighted by Gasteiger charge is 2.07. The van der Waals surface area contributed by atoms with Gasteiger partial charge in [-0.05, 0) is 39.2 Å². The third-order valence-corrected chi connectivity index (χ3v) is 2.56. The molecule has 0 heterocycles. The lowest BCUT2D eigenvalue weighted by atomic mass is 10.1. The topological polar surface area (TPSA) is 38.7 Å². The van der Waals surface area contributed by atoms with Crippen LogP contribution in [0.5, 0.6) is 5.75 Å². The van der Waals surface area contributed by atoms with E-state index in [0.29, 0.717) is 6.61 Å². The molecule has 0 aliphatic rings. The Balaban J connectivity index is 3.11. The first-order valence-electron chi connectivity index (χ1n) is 4.18. The number of aliphatic hydroxyl groups excluding tert-OH is 1. The quantitative estimate of drug-likeness (QED) is 0.902. The van der Waals surface area contributed by atoms with Crippen LogP contribution in [0.3, 0.4) is 0 Å². The number of hydrogen-bond acceptors (Lipinski definition) is 3. The number of methoxy groups -OCH3 is 2. The van der Waals surface area contributed by atoms with Crippen molar-refractivity contribution in [3.63, 3.8) is 0 Å². The zero-order chi connectivity index (χ0) is 10.6. The van der Waals surface area contributed by atoms with Crippen LogP contribution in [0, 0.1) is 0 Å². The first-order valence-corrected chi connectivity index (χ1v) is 4.97. The highest BCUT2D eigenvalue weighted by atomic mass is 79.9. The molecule has 1 aromatic carbocycles. The third kappa shape index (κ3) is 2.47. The summed E-state index contributed by atoms with van der Waals surface area (Å²) < 4.78 is 11.0. The maximum absolute atomic E-state index is 9.12. The zero-order valence-corrected chi connectivity index (χ0v) is 9.80. The first kappa shape index (κ1) is 11.5.